The van der Waals surface area contributed by atoms with Crippen molar-refractivity contribution in [3.8, 4) is 17.1 Å². The van der Waals surface area contributed by atoms with E-state index in [9.17, 15) is 5.11 Å². The first-order valence-corrected chi connectivity index (χ1v) is 6.85. The predicted octanol–water partition coefficient (Wildman–Crippen LogP) is 1.82. The van der Waals surface area contributed by atoms with Gasteiger partial charge in [0.05, 0.1) is 18.9 Å². The van der Waals surface area contributed by atoms with E-state index in [-0.39, 0.29) is 0 Å². The summed E-state index contributed by atoms with van der Waals surface area (Å²) in [6.07, 6.45) is 0.746. The second-order valence-electron chi connectivity index (χ2n) is 5.23. The van der Waals surface area contributed by atoms with Crippen LogP contribution in [0.4, 0.5) is 5.82 Å². The third kappa shape index (κ3) is 2.43. The lowest BCUT2D eigenvalue weighted by Gasteiger charge is -2.19. The van der Waals surface area contributed by atoms with Gasteiger partial charge in [-0.25, -0.2) is 15.8 Å². The summed E-state index contributed by atoms with van der Waals surface area (Å²) >= 11 is 0. The van der Waals surface area contributed by atoms with Crippen molar-refractivity contribution in [2.75, 3.05) is 12.0 Å². The lowest BCUT2D eigenvalue weighted by molar-refractivity contribution is 0.109. The highest BCUT2D eigenvalue weighted by Crippen LogP contribution is 2.30. The van der Waals surface area contributed by atoms with Crippen molar-refractivity contribution < 1.29 is 9.84 Å². The summed E-state index contributed by atoms with van der Waals surface area (Å²) in [5.41, 5.74) is 6.98. The number of hydrogen-bond acceptors (Lipinski definition) is 6. The van der Waals surface area contributed by atoms with Crippen LogP contribution in [0.5, 0.6) is 5.75 Å². The molecule has 1 aliphatic heterocycles. The number of ether oxygens (including phenoxy) is 1. The Morgan fingerprint density at radius 2 is 1.95 bits per heavy atom. The molecule has 2 heterocycles. The maximum Gasteiger partial charge on any atom is 0.161 e. The molecule has 0 unspecified atom stereocenters. The maximum atomic E-state index is 9.88. The highest BCUT2D eigenvalue weighted by molar-refractivity contribution is 5.64. The molecule has 6 heteroatoms. The van der Waals surface area contributed by atoms with Gasteiger partial charge in [0.25, 0.3) is 0 Å². The monoisotopic (exact) mass is 286 g/mol. The number of aromatic nitrogens is 2. The molecule has 0 bridgehead atoms. The van der Waals surface area contributed by atoms with Crippen LogP contribution in [0, 0.1) is 13.8 Å². The van der Waals surface area contributed by atoms with Crippen molar-refractivity contribution in [2.45, 2.75) is 26.9 Å². The van der Waals surface area contributed by atoms with E-state index in [1.807, 2.05) is 26.0 Å². The number of hydrazine groups is 1. The number of nitrogens with two attached hydrogens (primary N) is 1. The SMILES string of the molecule is Cc1cc(-c2nc3c(c(NN)n2)COCC3)cc(C)c1O. The fraction of sp³-hybridized carbons (Fsp3) is 0.333. The molecule has 110 valence electrons. The van der Waals surface area contributed by atoms with Crippen molar-refractivity contribution in [1.82, 2.24) is 9.97 Å². The molecular formula is C15H18N4O2. The summed E-state index contributed by atoms with van der Waals surface area (Å²) in [5.74, 6) is 7.08. The first-order valence-electron chi connectivity index (χ1n) is 6.85. The highest BCUT2D eigenvalue weighted by atomic mass is 16.5. The molecule has 0 saturated heterocycles. The predicted molar refractivity (Wildman–Crippen MR) is 79.8 cm³/mol. The molecule has 0 atom stereocenters. The van der Waals surface area contributed by atoms with Gasteiger partial charge in [-0.15, -0.1) is 0 Å². The molecule has 0 fully saturated rings. The Hall–Kier alpha value is -2.18. The van der Waals surface area contributed by atoms with Gasteiger partial charge >= 0.3 is 0 Å². The van der Waals surface area contributed by atoms with Crippen molar-refractivity contribution in [2.24, 2.45) is 5.84 Å². The van der Waals surface area contributed by atoms with Gasteiger partial charge in [0.1, 0.15) is 11.6 Å². The van der Waals surface area contributed by atoms with Crippen molar-refractivity contribution in [3.63, 3.8) is 0 Å². The molecule has 6 nitrogen and oxygen atoms in total. The minimum atomic E-state index is 0.308. The van der Waals surface area contributed by atoms with E-state index in [4.69, 9.17) is 10.6 Å². The quantitative estimate of drug-likeness (QED) is 0.576. The first kappa shape index (κ1) is 13.8. The number of phenolic OH excluding ortho intramolecular Hbond substituents is 1. The number of anilines is 1. The molecule has 4 N–H and O–H groups in total. The molecule has 2 aromatic rings. The van der Waals surface area contributed by atoms with E-state index >= 15 is 0 Å². The number of phenols is 1. The average Bonchev–Trinajstić information content (AvgIpc) is 2.51. The fourth-order valence-electron chi connectivity index (χ4n) is 2.57. The number of benzene rings is 1. The van der Waals surface area contributed by atoms with E-state index in [1.165, 1.54) is 0 Å². The number of aromatic hydroxyl groups is 1. The highest BCUT2D eigenvalue weighted by Gasteiger charge is 2.19. The Morgan fingerprint density at radius 1 is 1.24 bits per heavy atom. The Kier molecular flexibility index (Phi) is 3.48. The summed E-state index contributed by atoms with van der Waals surface area (Å²) in [4.78, 5) is 9.11. The van der Waals surface area contributed by atoms with Crippen LogP contribution in [0.1, 0.15) is 22.4 Å². The van der Waals surface area contributed by atoms with Gasteiger partial charge in [0, 0.05) is 17.5 Å². The Bertz CT molecular complexity index is 660. The van der Waals surface area contributed by atoms with E-state index < -0.39 is 0 Å². The number of nitrogen functional groups attached to an aromatic ring is 1. The van der Waals surface area contributed by atoms with Crippen LogP contribution in [0.2, 0.25) is 0 Å². The zero-order chi connectivity index (χ0) is 15.0. The molecule has 0 amide bonds. The molecule has 3 rings (SSSR count). The van der Waals surface area contributed by atoms with E-state index in [1.54, 1.807) is 0 Å². The van der Waals surface area contributed by atoms with Crippen LogP contribution in [-0.2, 0) is 17.8 Å². The van der Waals surface area contributed by atoms with Crippen LogP contribution in [-0.4, -0.2) is 21.7 Å². The Labute approximate surface area is 123 Å². The third-order valence-electron chi connectivity index (χ3n) is 3.71. The summed E-state index contributed by atoms with van der Waals surface area (Å²) < 4.78 is 5.43. The van der Waals surface area contributed by atoms with Crippen molar-refractivity contribution in [3.05, 3.63) is 34.5 Å². The Morgan fingerprint density at radius 3 is 2.62 bits per heavy atom. The van der Waals surface area contributed by atoms with Gasteiger partial charge < -0.3 is 15.3 Å². The van der Waals surface area contributed by atoms with Crippen LogP contribution < -0.4 is 11.3 Å². The Balaban J connectivity index is 2.15. The van der Waals surface area contributed by atoms with Gasteiger partial charge in [-0.1, -0.05) is 0 Å². The van der Waals surface area contributed by atoms with Crippen LogP contribution in [0.25, 0.3) is 11.4 Å². The smallest absolute Gasteiger partial charge is 0.161 e. The number of aryl methyl sites for hydroxylation is 2. The molecule has 21 heavy (non-hydrogen) atoms. The molecule has 0 radical (unpaired) electrons. The minimum Gasteiger partial charge on any atom is -0.507 e. The van der Waals surface area contributed by atoms with Crippen LogP contribution >= 0.6 is 0 Å². The summed E-state index contributed by atoms with van der Waals surface area (Å²) in [5, 5.41) is 9.88. The summed E-state index contributed by atoms with van der Waals surface area (Å²) in [6.45, 7) is 4.85. The zero-order valence-corrected chi connectivity index (χ0v) is 12.1. The van der Waals surface area contributed by atoms with Crippen LogP contribution in [0.3, 0.4) is 0 Å². The van der Waals surface area contributed by atoms with Crippen molar-refractivity contribution in [1.29, 1.82) is 0 Å². The minimum absolute atomic E-state index is 0.308. The second kappa shape index (κ2) is 5.31. The van der Waals surface area contributed by atoms with Gasteiger partial charge in [-0.2, -0.15) is 0 Å². The molecule has 1 aromatic carbocycles. The second-order valence-corrected chi connectivity index (χ2v) is 5.23. The maximum absolute atomic E-state index is 9.88. The lowest BCUT2D eigenvalue weighted by Crippen LogP contribution is -2.19. The average molecular weight is 286 g/mol. The number of fused-ring (bicyclic) bond motifs is 1. The fourth-order valence-corrected chi connectivity index (χ4v) is 2.57. The number of nitrogens with zero attached hydrogens (tertiary/aromatic N) is 2. The molecular weight excluding hydrogens is 268 g/mol. The van der Waals surface area contributed by atoms with Crippen molar-refractivity contribution >= 4 is 5.82 Å². The van der Waals surface area contributed by atoms with E-state index in [0.717, 1.165) is 34.4 Å². The number of hydrogen-bond donors (Lipinski definition) is 3. The van der Waals surface area contributed by atoms with Crippen LogP contribution in [0.15, 0.2) is 12.1 Å². The largest absolute Gasteiger partial charge is 0.507 e. The van der Waals surface area contributed by atoms with Gasteiger partial charge in [0.15, 0.2) is 5.82 Å². The van der Waals surface area contributed by atoms with Gasteiger partial charge in [-0.3, -0.25) is 0 Å². The zero-order valence-electron chi connectivity index (χ0n) is 12.1. The molecule has 0 saturated carbocycles. The van der Waals surface area contributed by atoms with E-state index in [0.29, 0.717) is 30.6 Å². The summed E-state index contributed by atoms with van der Waals surface area (Å²) in [7, 11) is 0. The standard InChI is InChI=1S/C15H18N4O2/c1-8-5-10(6-9(2)13(8)20)14-17-12-3-4-21-7-11(12)15(18-14)19-16/h5-6,20H,3-4,7,16H2,1-2H3,(H,17,18,19). The normalized spacial score (nSPS) is 13.9. The third-order valence-corrected chi connectivity index (χ3v) is 3.71. The first-order chi connectivity index (χ1) is 10.1. The summed E-state index contributed by atoms with van der Waals surface area (Å²) in [6, 6.07) is 3.76. The van der Waals surface area contributed by atoms with Gasteiger partial charge in [0.2, 0.25) is 0 Å². The van der Waals surface area contributed by atoms with E-state index in [2.05, 4.69) is 15.4 Å². The number of nitrogens with one attached hydrogen (secondary N) is 1. The molecule has 1 aliphatic rings. The molecule has 0 spiro atoms. The molecule has 0 aliphatic carbocycles. The lowest BCUT2D eigenvalue weighted by atomic mass is 10.0. The molecule has 1 aromatic heterocycles. The number of rotatable bonds is 2. The van der Waals surface area contributed by atoms with Gasteiger partial charge in [-0.05, 0) is 37.1 Å². The topological polar surface area (TPSA) is 93.3 Å².